The quantitative estimate of drug-likeness (QED) is 0.377. The van der Waals surface area contributed by atoms with E-state index in [0.29, 0.717) is 0 Å². The fourth-order valence-electron chi connectivity index (χ4n) is 1.83. The van der Waals surface area contributed by atoms with E-state index < -0.39 is 16.2 Å². The Bertz CT molecular complexity index is 505. The van der Waals surface area contributed by atoms with Gasteiger partial charge >= 0.3 is 0 Å². The Balaban J connectivity index is 2.19. The molecule has 1 amide bonds. The van der Waals surface area contributed by atoms with Gasteiger partial charge in [0.25, 0.3) is 11.0 Å². The van der Waals surface area contributed by atoms with Crippen molar-refractivity contribution >= 4 is 17.5 Å². The third kappa shape index (κ3) is 1.98. The van der Waals surface area contributed by atoms with Gasteiger partial charge in [0.05, 0.1) is 0 Å². The Morgan fingerprint density at radius 2 is 2.17 bits per heavy atom. The largest absolute Gasteiger partial charge is 0.354 e. The molecule has 0 aromatic heterocycles. The molecular weight excluding hydrogens is 264 g/mol. The van der Waals surface area contributed by atoms with Crippen LogP contribution in [0.15, 0.2) is 24.3 Å². The summed E-state index contributed by atoms with van der Waals surface area (Å²) in [4.78, 5) is 27.0. The van der Waals surface area contributed by atoms with E-state index in [0.717, 1.165) is 4.90 Å². The van der Waals surface area contributed by atoms with Crippen LogP contribution in [0.5, 0.6) is 0 Å². The van der Waals surface area contributed by atoms with Crippen LogP contribution in [0.3, 0.4) is 0 Å². The average molecular weight is 273 g/mol. The normalized spacial score (nSPS) is 21.9. The number of carbonyl (C=O) groups excluding carboxylic acids is 1. The molecule has 1 N–H and O–H groups in total. The van der Waals surface area contributed by atoms with Crippen LogP contribution in [0.25, 0.3) is 0 Å². The summed E-state index contributed by atoms with van der Waals surface area (Å²) in [5.41, 5.74) is 0.536. The number of alkyl halides is 1. The van der Waals surface area contributed by atoms with Gasteiger partial charge in [-0.3, -0.25) is 9.69 Å². The number of halogens is 1. The Morgan fingerprint density at radius 3 is 2.78 bits per heavy atom. The van der Waals surface area contributed by atoms with Crippen molar-refractivity contribution in [3.63, 3.8) is 0 Å². The highest BCUT2D eigenvalue weighted by Crippen LogP contribution is 2.39. The van der Waals surface area contributed by atoms with Crippen LogP contribution >= 0.6 is 11.6 Å². The van der Waals surface area contributed by atoms with Crippen molar-refractivity contribution in [2.75, 3.05) is 13.2 Å². The highest BCUT2D eigenvalue weighted by Gasteiger charge is 2.46. The number of hydrogen-bond donors (Lipinski definition) is 1. The predicted molar refractivity (Wildman–Crippen MR) is 60.2 cm³/mol. The molecule has 0 fully saturated rings. The number of aliphatic hydroxyl groups is 1. The molecule has 1 atom stereocenters. The van der Waals surface area contributed by atoms with E-state index in [1.54, 1.807) is 12.1 Å². The van der Waals surface area contributed by atoms with Crippen LogP contribution in [-0.4, -0.2) is 34.2 Å². The lowest BCUT2D eigenvalue weighted by Gasteiger charge is -2.27. The molecule has 96 valence electrons. The Morgan fingerprint density at radius 1 is 1.50 bits per heavy atom. The zero-order valence-electron chi connectivity index (χ0n) is 9.08. The van der Waals surface area contributed by atoms with Gasteiger partial charge in [-0.2, -0.15) is 0 Å². The third-order valence-electron chi connectivity index (χ3n) is 2.61. The lowest BCUT2D eigenvalue weighted by Crippen LogP contribution is -2.41. The van der Waals surface area contributed by atoms with Crippen molar-refractivity contribution in [1.29, 1.82) is 0 Å². The minimum absolute atomic E-state index is 0.186. The first-order chi connectivity index (χ1) is 8.44. The van der Waals surface area contributed by atoms with Crippen molar-refractivity contribution in [2.24, 2.45) is 0 Å². The van der Waals surface area contributed by atoms with Gasteiger partial charge in [0.1, 0.15) is 6.61 Å². The average Bonchev–Trinajstić information content (AvgIpc) is 2.50. The number of rotatable bonds is 4. The van der Waals surface area contributed by atoms with Crippen molar-refractivity contribution in [2.45, 2.75) is 5.18 Å². The summed E-state index contributed by atoms with van der Waals surface area (Å²) in [6.07, 6.45) is 0. The number of benzene rings is 1. The van der Waals surface area contributed by atoms with Crippen LogP contribution in [0.1, 0.15) is 15.9 Å². The van der Waals surface area contributed by atoms with Crippen LogP contribution in [0.2, 0.25) is 0 Å². The van der Waals surface area contributed by atoms with Crippen molar-refractivity contribution in [3.8, 4) is 0 Å². The van der Waals surface area contributed by atoms with E-state index in [1.807, 2.05) is 0 Å². The summed E-state index contributed by atoms with van der Waals surface area (Å²) in [6.45, 7) is -0.545. The van der Waals surface area contributed by atoms with Gasteiger partial charge in [-0.05, 0) is 6.07 Å². The summed E-state index contributed by atoms with van der Waals surface area (Å²) < 4.78 is 0. The van der Waals surface area contributed by atoms with Crippen LogP contribution in [0, 0.1) is 10.1 Å². The Kier molecular flexibility index (Phi) is 3.10. The second kappa shape index (κ2) is 4.43. The molecule has 0 aliphatic carbocycles. The van der Waals surface area contributed by atoms with Gasteiger partial charge in [-0.25, -0.2) is 0 Å². The Labute approximate surface area is 107 Å². The molecule has 0 saturated heterocycles. The van der Waals surface area contributed by atoms with Crippen LogP contribution in [0.4, 0.5) is 0 Å². The van der Waals surface area contributed by atoms with E-state index in [1.165, 1.54) is 12.1 Å². The fourth-order valence-corrected chi connectivity index (χ4v) is 2.15. The SMILES string of the molecule is O=C1c2ccccc2[C@](O)(Cl)N1CCO[N+](=O)[O-]. The molecule has 8 heteroatoms. The minimum atomic E-state index is -1.99. The van der Waals surface area contributed by atoms with Gasteiger partial charge in [0, 0.05) is 17.7 Å². The molecule has 0 radical (unpaired) electrons. The molecule has 1 aliphatic heterocycles. The van der Waals surface area contributed by atoms with Crippen LogP contribution < -0.4 is 0 Å². The zero-order chi connectivity index (χ0) is 13.3. The molecule has 2 rings (SSSR count). The molecule has 0 saturated carbocycles. The summed E-state index contributed by atoms with van der Waals surface area (Å²) in [5.74, 6) is -0.491. The van der Waals surface area contributed by atoms with E-state index >= 15 is 0 Å². The number of hydrogen-bond acceptors (Lipinski definition) is 5. The van der Waals surface area contributed by atoms with Crippen molar-refractivity contribution < 1.29 is 19.8 Å². The second-order valence-electron chi connectivity index (χ2n) is 3.65. The molecule has 0 unspecified atom stereocenters. The van der Waals surface area contributed by atoms with Gasteiger partial charge in [0.2, 0.25) is 5.18 Å². The zero-order valence-corrected chi connectivity index (χ0v) is 9.83. The predicted octanol–water partition coefficient (Wildman–Crippen LogP) is 0.692. The number of amides is 1. The van der Waals surface area contributed by atoms with E-state index in [-0.39, 0.29) is 24.3 Å². The molecule has 0 bridgehead atoms. The van der Waals surface area contributed by atoms with Crippen molar-refractivity contribution in [1.82, 2.24) is 4.90 Å². The van der Waals surface area contributed by atoms with Gasteiger partial charge in [0.15, 0.2) is 0 Å². The highest BCUT2D eigenvalue weighted by molar-refractivity contribution is 6.26. The molecule has 0 spiro atoms. The fraction of sp³-hybridized carbons (Fsp3) is 0.300. The van der Waals surface area contributed by atoms with Gasteiger partial charge in [-0.1, -0.05) is 29.8 Å². The number of fused-ring (bicyclic) bond motifs is 1. The molecule has 1 heterocycles. The number of nitrogens with zero attached hydrogens (tertiary/aromatic N) is 2. The lowest BCUT2D eigenvalue weighted by molar-refractivity contribution is -0.757. The van der Waals surface area contributed by atoms with Gasteiger partial charge < -0.3 is 9.94 Å². The summed E-state index contributed by atoms with van der Waals surface area (Å²) in [7, 11) is 0. The summed E-state index contributed by atoms with van der Waals surface area (Å²) in [5, 5.41) is 17.1. The number of carbonyl (C=O) groups is 1. The lowest BCUT2D eigenvalue weighted by atomic mass is 10.1. The maximum absolute atomic E-state index is 11.9. The smallest absolute Gasteiger partial charge is 0.294 e. The highest BCUT2D eigenvalue weighted by atomic mass is 35.5. The second-order valence-corrected chi connectivity index (χ2v) is 4.17. The van der Waals surface area contributed by atoms with Gasteiger partial charge in [-0.15, -0.1) is 10.1 Å². The third-order valence-corrected chi connectivity index (χ3v) is 3.02. The molecule has 18 heavy (non-hydrogen) atoms. The first-order valence-electron chi connectivity index (χ1n) is 5.04. The molecule has 1 aromatic carbocycles. The minimum Gasteiger partial charge on any atom is -0.354 e. The molecule has 1 aliphatic rings. The van der Waals surface area contributed by atoms with Crippen molar-refractivity contribution in [3.05, 3.63) is 45.5 Å². The first-order valence-corrected chi connectivity index (χ1v) is 5.42. The summed E-state index contributed by atoms with van der Waals surface area (Å²) >= 11 is 5.91. The molecule has 7 nitrogen and oxygen atoms in total. The van der Waals surface area contributed by atoms with E-state index in [2.05, 4.69) is 4.84 Å². The molecule has 1 aromatic rings. The van der Waals surface area contributed by atoms with E-state index in [4.69, 9.17) is 11.6 Å². The van der Waals surface area contributed by atoms with E-state index in [9.17, 15) is 20.0 Å². The van der Waals surface area contributed by atoms with Crippen LogP contribution in [-0.2, 0) is 10.0 Å². The maximum Gasteiger partial charge on any atom is 0.294 e. The standard InChI is InChI=1S/C10H9ClN2O5/c11-10(15)8-4-2-1-3-7(8)9(14)12(10)5-6-18-13(16)17/h1-4,15H,5-6H2/t10-/m0/s1. The monoisotopic (exact) mass is 272 g/mol. The maximum atomic E-state index is 11.9. The summed E-state index contributed by atoms with van der Waals surface area (Å²) in [6, 6.07) is 6.32. The Hall–Kier alpha value is -1.86. The first kappa shape index (κ1) is 12.6. The molecular formula is C10H9ClN2O5. The topological polar surface area (TPSA) is 92.9 Å².